The first-order chi connectivity index (χ1) is 14.6. The van der Waals surface area contributed by atoms with E-state index in [1.165, 1.54) is 11.1 Å². The molecule has 0 unspecified atom stereocenters. The second-order valence-corrected chi connectivity index (χ2v) is 8.16. The van der Waals surface area contributed by atoms with E-state index in [9.17, 15) is 4.79 Å². The molecule has 0 aliphatic heterocycles. The monoisotopic (exact) mass is 416 g/mol. The maximum atomic E-state index is 12.4. The van der Waals surface area contributed by atoms with E-state index in [1.54, 1.807) is 11.8 Å². The molecule has 4 rings (SSSR count). The number of thioether (sulfide) groups is 1. The van der Waals surface area contributed by atoms with Gasteiger partial charge in [-0.2, -0.15) is 5.10 Å². The van der Waals surface area contributed by atoms with E-state index < -0.39 is 0 Å². The van der Waals surface area contributed by atoms with Crippen molar-refractivity contribution in [3.63, 3.8) is 0 Å². The normalized spacial score (nSPS) is 10.9. The molecule has 2 aromatic carbocycles. The quantitative estimate of drug-likeness (QED) is 0.453. The summed E-state index contributed by atoms with van der Waals surface area (Å²) in [7, 11) is 0. The lowest BCUT2D eigenvalue weighted by Crippen LogP contribution is -2.14. The summed E-state index contributed by atoms with van der Waals surface area (Å²) < 4.78 is 4.00. The minimum absolute atomic E-state index is 0.00113. The van der Waals surface area contributed by atoms with Gasteiger partial charge in [0.15, 0.2) is 0 Å². The van der Waals surface area contributed by atoms with Gasteiger partial charge >= 0.3 is 0 Å². The van der Waals surface area contributed by atoms with E-state index in [0.29, 0.717) is 11.5 Å². The molecule has 30 heavy (non-hydrogen) atoms. The average molecular weight is 417 g/mol. The van der Waals surface area contributed by atoms with Gasteiger partial charge in [0.2, 0.25) is 5.91 Å². The molecule has 0 aliphatic rings. The first kappa shape index (κ1) is 20.0. The van der Waals surface area contributed by atoms with Crippen molar-refractivity contribution in [1.82, 2.24) is 14.3 Å². The molecule has 0 spiro atoms. The Labute approximate surface area is 180 Å². The van der Waals surface area contributed by atoms with Crippen LogP contribution in [-0.4, -0.2) is 26.0 Å². The Morgan fingerprint density at radius 2 is 1.77 bits per heavy atom. The molecule has 0 saturated heterocycles. The van der Waals surface area contributed by atoms with Crippen LogP contribution in [0.25, 0.3) is 11.5 Å². The molecule has 4 aromatic rings. The summed E-state index contributed by atoms with van der Waals surface area (Å²) in [6.07, 6.45) is 5.91. The first-order valence-electron chi connectivity index (χ1n) is 9.82. The number of para-hydroxylation sites is 1. The van der Waals surface area contributed by atoms with Gasteiger partial charge in [-0.3, -0.25) is 4.79 Å². The van der Waals surface area contributed by atoms with Crippen molar-refractivity contribution in [2.45, 2.75) is 19.6 Å². The standard InChI is InChI=1S/C24H24N4OS/c1-18-10-11-21(14-19(18)2)26-23(29)17-30-16-20-15-25-28(22-8-4-3-5-9-22)24(20)27-12-6-7-13-27/h3-15H,16-17H2,1-2H3,(H,26,29). The summed E-state index contributed by atoms with van der Waals surface area (Å²) in [5.41, 5.74) is 5.32. The number of hydrogen-bond donors (Lipinski definition) is 1. The molecule has 0 saturated carbocycles. The molecule has 2 heterocycles. The van der Waals surface area contributed by atoms with Gasteiger partial charge in [-0.15, -0.1) is 11.8 Å². The van der Waals surface area contributed by atoms with Crippen LogP contribution in [0, 0.1) is 13.8 Å². The number of aromatic nitrogens is 3. The lowest BCUT2D eigenvalue weighted by molar-refractivity contribution is -0.113. The Morgan fingerprint density at radius 1 is 1.00 bits per heavy atom. The molecule has 2 aromatic heterocycles. The molecule has 6 heteroatoms. The highest BCUT2D eigenvalue weighted by atomic mass is 32.2. The fourth-order valence-electron chi connectivity index (χ4n) is 3.26. The van der Waals surface area contributed by atoms with Crippen LogP contribution in [0.3, 0.4) is 0 Å². The molecule has 1 N–H and O–H groups in total. The van der Waals surface area contributed by atoms with E-state index in [0.717, 1.165) is 22.8 Å². The molecule has 5 nitrogen and oxygen atoms in total. The summed E-state index contributed by atoms with van der Waals surface area (Å²) in [5, 5.41) is 7.59. The van der Waals surface area contributed by atoms with Crippen molar-refractivity contribution in [2.75, 3.05) is 11.1 Å². The Bertz CT molecular complexity index is 1130. The Hall–Kier alpha value is -3.25. The summed E-state index contributed by atoms with van der Waals surface area (Å²) >= 11 is 1.58. The van der Waals surface area contributed by atoms with Crippen LogP contribution in [-0.2, 0) is 10.5 Å². The number of benzene rings is 2. The second kappa shape index (κ2) is 9.05. The predicted molar refractivity (Wildman–Crippen MR) is 124 cm³/mol. The third kappa shape index (κ3) is 4.49. The maximum Gasteiger partial charge on any atom is 0.234 e. The molecular formula is C24H24N4OS. The zero-order chi connectivity index (χ0) is 20.9. The summed E-state index contributed by atoms with van der Waals surface area (Å²) in [5.74, 6) is 2.07. The minimum atomic E-state index is 0.00113. The van der Waals surface area contributed by atoms with E-state index in [-0.39, 0.29) is 5.91 Å². The van der Waals surface area contributed by atoms with Crippen LogP contribution >= 0.6 is 11.8 Å². The predicted octanol–water partition coefficient (Wildman–Crippen LogP) is 5.15. The van der Waals surface area contributed by atoms with Gasteiger partial charge in [-0.05, 0) is 61.4 Å². The summed E-state index contributed by atoms with van der Waals surface area (Å²) in [4.78, 5) is 12.4. The highest BCUT2D eigenvalue weighted by Crippen LogP contribution is 2.24. The van der Waals surface area contributed by atoms with E-state index in [2.05, 4.69) is 21.9 Å². The van der Waals surface area contributed by atoms with Crippen molar-refractivity contribution in [3.8, 4) is 11.5 Å². The molecule has 0 atom stereocenters. The number of hydrogen-bond acceptors (Lipinski definition) is 3. The van der Waals surface area contributed by atoms with E-state index in [1.807, 2.05) is 90.9 Å². The van der Waals surface area contributed by atoms with E-state index in [4.69, 9.17) is 0 Å². The molecule has 1 amide bonds. The van der Waals surface area contributed by atoms with Gasteiger partial charge in [0.1, 0.15) is 5.82 Å². The number of amides is 1. The SMILES string of the molecule is Cc1ccc(NC(=O)CSCc2cnn(-c3ccccc3)c2-n2cccc2)cc1C. The number of carbonyl (C=O) groups is 1. The number of aryl methyl sites for hydroxylation is 2. The first-order valence-corrected chi connectivity index (χ1v) is 11.0. The number of rotatable bonds is 7. The number of anilines is 1. The highest BCUT2D eigenvalue weighted by Gasteiger charge is 2.14. The molecule has 0 fully saturated rings. The summed E-state index contributed by atoms with van der Waals surface area (Å²) in [6, 6.07) is 20.0. The van der Waals surface area contributed by atoms with Gasteiger partial charge in [0.05, 0.1) is 17.6 Å². The molecule has 0 radical (unpaired) electrons. The Balaban J connectivity index is 1.45. The van der Waals surface area contributed by atoms with E-state index >= 15 is 0 Å². The zero-order valence-corrected chi connectivity index (χ0v) is 17.9. The van der Waals surface area contributed by atoms with Crippen molar-refractivity contribution >= 4 is 23.4 Å². The summed E-state index contributed by atoms with van der Waals surface area (Å²) in [6.45, 7) is 4.11. The molecule has 0 aliphatic carbocycles. The smallest absolute Gasteiger partial charge is 0.234 e. The van der Waals surface area contributed by atoms with Gasteiger partial charge in [0, 0.05) is 29.4 Å². The van der Waals surface area contributed by atoms with Crippen molar-refractivity contribution in [1.29, 1.82) is 0 Å². The van der Waals surface area contributed by atoms with Gasteiger partial charge in [0.25, 0.3) is 0 Å². The van der Waals surface area contributed by atoms with Crippen molar-refractivity contribution in [3.05, 3.63) is 95.9 Å². The van der Waals surface area contributed by atoms with Crippen LogP contribution in [0.5, 0.6) is 0 Å². The van der Waals surface area contributed by atoms with Gasteiger partial charge < -0.3 is 9.88 Å². The van der Waals surface area contributed by atoms with Gasteiger partial charge in [-0.1, -0.05) is 24.3 Å². The topological polar surface area (TPSA) is 51.9 Å². The second-order valence-electron chi connectivity index (χ2n) is 7.17. The van der Waals surface area contributed by atoms with Gasteiger partial charge in [-0.25, -0.2) is 4.68 Å². The van der Waals surface area contributed by atoms with Crippen LogP contribution in [0.2, 0.25) is 0 Å². The molecule has 0 bridgehead atoms. The maximum absolute atomic E-state index is 12.4. The lowest BCUT2D eigenvalue weighted by Gasteiger charge is -2.11. The van der Waals surface area contributed by atoms with Crippen LogP contribution < -0.4 is 5.32 Å². The van der Waals surface area contributed by atoms with Crippen molar-refractivity contribution < 1.29 is 4.79 Å². The Kier molecular flexibility index (Phi) is 6.05. The highest BCUT2D eigenvalue weighted by molar-refractivity contribution is 7.99. The number of carbonyl (C=O) groups excluding carboxylic acids is 1. The Morgan fingerprint density at radius 3 is 2.50 bits per heavy atom. The zero-order valence-electron chi connectivity index (χ0n) is 17.1. The van der Waals surface area contributed by atoms with Crippen LogP contribution in [0.15, 0.2) is 79.3 Å². The third-order valence-corrected chi connectivity index (χ3v) is 5.93. The third-order valence-electron chi connectivity index (χ3n) is 4.95. The van der Waals surface area contributed by atoms with Crippen LogP contribution in [0.4, 0.5) is 5.69 Å². The molecule has 152 valence electrons. The number of nitrogens with zero attached hydrogens (tertiary/aromatic N) is 3. The fourth-order valence-corrected chi connectivity index (χ4v) is 4.04. The lowest BCUT2D eigenvalue weighted by atomic mass is 10.1. The average Bonchev–Trinajstić information content (AvgIpc) is 3.41. The number of nitrogens with one attached hydrogen (secondary N) is 1. The fraction of sp³-hybridized carbons (Fsp3) is 0.167. The van der Waals surface area contributed by atoms with Crippen LogP contribution in [0.1, 0.15) is 16.7 Å². The van der Waals surface area contributed by atoms with Crippen molar-refractivity contribution in [2.24, 2.45) is 0 Å². The minimum Gasteiger partial charge on any atom is -0.325 e. The molecular weight excluding hydrogens is 392 g/mol. The largest absolute Gasteiger partial charge is 0.325 e.